The molecule has 16 heavy (non-hydrogen) atoms. The molecule has 1 heterocycles. The van der Waals surface area contributed by atoms with E-state index in [1.807, 2.05) is 12.1 Å². The van der Waals surface area contributed by atoms with Crippen LogP contribution >= 0.6 is 0 Å². The third-order valence-corrected chi connectivity index (χ3v) is 2.10. The summed E-state index contributed by atoms with van der Waals surface area (Å²) in [5, 5.41) is 17.5. The smallest absolute Gasteiger partial charge is 0.314 e. The second kappa shape index (κ2) is 3.37. The Kier molecular flexibility index (Phi) is 2.04. The number of hydrogen-bond acceptors (Lipinski definition) is 4. The molecule has 0 atom stereocenters. The van der Waals surface area contributed by atoms with Crippen LogP contribution in [0.25, 0.3) is 11.0 Å². The average Bonchev–Trinajstić information content (AvgIpc) is 2.29. The molecule has 6 heteroatoms. The van der Waals surface area contributed by atoms with Crippen LogP contribution in [0.2, 0.25) is 0 Å². The molecule has 0 bridgehead atoms. The molecule has 2 aromatic rings. The van der Waals surface area contributed by atoms with E-state index in [1.54, 1.807) is 0 Å². The molecule has 0 unspecified atom stereocenters. The highest BCUT2D eigenvalue weighted by Crippen LogP contribution is 2.13. The predicted octanol–water partition coefficient (Wildman–Crippen LogP) is -0.0402. The zero-order valence-electron chi connectivity index (χ0n) is 7.87. The Morgan fingerprint density at radius 3 is 1.56 bits per heavy atom. The Hall–Kier alpha value is -2.86. The van der Waals surface area contributed by atoms with Gasteiger partial charge < -0.3 is 9.97 Å². The van der Waals surface area contributed by atoms with Gasteiger partial charge in [0, 0.05) is 0 Å². The average molecular weight is 212 g/mol. The van der Waals surface area contributed by atoms with Gasteiger partial charge in [-0.15, -0.1) is 0 Å². The first-order chi connectivity index (χ1) is 7.65. The number of fused-ring (bicyclic) bond motifs is 1. The molecule has 2 N–H and O–H groups in total. The standard InChI is InChI=1S/C10H4N4O2/c11-3-5-1-7-8(2-6(5)4-12)14-10(16)9(15)13-7/h1-2H,(H,13,15)(H,14,16). The van der Waals surface area contributed by atoms with Crippen LogP contribution in [0.1, 0.15) is 11.1 Å². The molecule has 6 nitrogen and oxygen atoms in total. The minimum absolute atomic E-state index is 0.151. The quantitative estimate of drug-likeness (QED) is 0.596. The third-order valence-electron chi connectivity index (χ3n) is 2.10. The SMILES string of the molecule is N#Cc1cc2[nH]c(=O)c(=O)[nH]c2cc1C#N. The highest BCUT2D eigenvalue weighted by atomic mass is 16.2. The largest absolute Gasteiger partial charge is 0.316 e. The lowest BCUT2D eigenvalue weighted by Crippen LogP contribution is -2.28. The third kappa shape index (κ3) is 1.35. The lowest BCUT2D eigenvalue weighted by atomic mass is 10.1. The molecule has 0 aliphatic heterocycles. The summed E-state index contributed by atoms with van der Waals surface area (Å²) < 4.78 is 0. The molecule has 0 radical (unpaired) electrons. The van der Waals surface area contributed by atoms with Crippen LogP contribution in [0.3, 0.4) is 0 Å². The maximum atomic E-state index is 11.0. The van der Waals surface area contributed by atoms with Gasteiger partial charge in [-0.1, -0.05) is 0 Å². The molecule has 2 rings (SSSR count). The summed E-state index contributed by atoms with van der Waals surface area (Å²) in [5.41, 5.74) is -0.641. The first-order valence-corrected chi connectivity index (χ1v) is 4.26. The molecule has 1 aromatic carbocycles. The second-order valence-corrected chi connectivity index (χ2v) is 3.08. The van der Waals surface area contributed by atoms with Crippen LogP contribution in [-0.2, 0) is 0 Å². The minimum atomic E-state index is -0.791. The Labute approximate surface area is 88.4 Å². The molecule has 0 amide bonds. The van der Waals surface area contributed by atoms with Gasteiger partial charge in [0.2, 0.25) is 0 Å². The van der Waals surface area contributed by atoms with Crippen LogP contribution in [-0.4, -0.2) is 9.97 Å². The summed E-state index contributed by atoms with van der Waals surface area (Å²) >= 11 is 0. The zero-order chi connectivity index (χ0) is 11.7. The van der Waals surface area contributed by atoms with Crippen molar-refractivity contribution >= 4 is 11.0 Å². The Morgan fingerprint density at radius 2 is 1.25 bits per heavy atom. The molecule has 0 spiro atoms. The molecular weight excluding hydrogens is 208 g/mol. The van der Waals surface area contributed by atoms with Crippen LogP contribution in [0, 0.1) is 22.7 Å². The number of nitrogens with one attached hydrogen (secondary N) is 2. The molecule has 0 aliphatic rings. The van der Waals surface area contributed by atoms with E-state index < -0.39 is 11.1 Å². The molecule has 76 valence electrons. The van der Waals surface area contributed by atoms with E-state index in [4.69, 9.17) is 10.5 Å². The first kappa shape index (κ1) is 9.69. The maximum Gasteiger partial charge on any atom is 0.314 e. The Bertz CT molecular complexity index is 704. The van der Waals surface area contributed by atoms with Crippen molar-refractivity contribution in [1.82, 2.24) is 9.97 Å². The summed E-state index contributed by atoms with van der Waals surface area (Å²) in [6.07, 6.45) is 0. The van der Waals surface area contributed by atoms with Gasteiger partial charge in [-0.3, -0.25) is 9.59 Å². The highest BCUT2D eigenvalue weighted by Gasteiger charge is 2.06. The molecule has 0 fully saturated rings. The topological polar surface area (TPSA) is 113 Å². The number of benzene rings is 1. The van der Waals surface area contributed by atoms with Gasteiger partial charge in [0.15, 0.2) is 0 Å². The molecule has 0 saturated carbocycles. The summed E-state index contributed by atoms with van der Waals surface area (Å²) in [6, 6.07) is 6.38. The van der Waals surface area contributed by atoms with Crippen LogP contribution < -0.4 is 11.1 Å². The Balaban J connectivity index is 2.98. The molecule has 0 saturated heterocycles. The van der Waals surface area contributed by atoms with Crippen LogP contribution in [0.15, 0.2) is 21.7 Å². The van der Waals surface area contributed by atoms with Crippen LogP contribution in [0.5, 0.6) is 0 Å². The van der Waals surface area contributed by atoms with Crippen molar-refractivity contribution in [3.63, 3.8) is 0 Å². The number of nitrogens with zero attached hydrogens (tertiary/aromatic N) is 2. The monoisotopic (exact) mass is 212 g/mol. The number of hydrogen-bond donors (Lipinski definition) is 2. The van der Waals surface area contributed by atoms with Crippen molar-refractivity contribution in [2.75, 3.05) is 0 Å². The van der Waals surface area contributed by atoms with E-state index in [0.717, 1.165) is 0 Å². The molecular formula is C10H4N4O2. The first-order valence-electron chi connectivity index (χ1n) is 4.26. The summed E-state index contributed by atoms with van der Waals surface area (Å²) in [7, 11) is 0. The summed E-state index contributed by atoms with van der Waals surface area (Å²) in [6.45, 7) is 0. The summed E-state index contributed by atoms with van der Waals surface area (Å²) in [4.78, 5) is 26.7. The fourth-order valence-corrected chi connectivity index (χ4v) is 1.35. The van der Waals surface area contributed by atoms with Crippen molar-refractivity contribution in [3.8, 4) is 12.1 Å². The van der Waals surface area contributed by atoms with Crippen molar-refractivity contribution in [3.05, 3.63) is 44.0 Å². The van der Waals surface area contributed by atoms with Gasteiger partial charge in [0.05, 0.1) is 22.2 Å². The van der Waals surface area contributed by atoms with E-state index >= 15 is 0 Å². The van der Waals surface area contributed by atoms with Gasteiger partial charge in [-0.2, -0.15) is 10.5 Å². The highest BCUT2D eigenvalue weighted by molar-refractivity contribution is 5.78. The predicted molar refractivity (Wildman–Crippen MR) is 54.6 cm³/mol. The van der Waals surface area contributed by atoms with E-state index in [9.17, 15) is 9.59 Å². The number of aromatic nitrogens is 2. The van der Waals surface area contributed by atoms with Crippen molar-refractivity contribution in [1.29, 1.82) is 10.5 Å². The van der Waals surface area contributed by atoms with Gasteiger partial charge in [0.1, 0.15) is 12.1 Å². The van der Waals surface area contributed by atoms with Gasteiger partial charge in [0.25, 0.3) is 0 Å². The van der Waals surface area contributed by atoms with E-state index in [0.29, 0.717) is 11.0 Å². The lowest BCUT2D eigenvalue weighted by molar-refractivity contribution is 1.14. The van der Waals surface area contributed by atoms with Crippen molar-refractivity contribution in [2.24, 2.45) is 0 Å². The van der Waals surface area contributed by atoms with Gasteiger partial charge >= 0.3 is 11.1 Å². The van der Waals surface area contributed by atoms with Crippen LogP contribution in [0.4, 0.5) is 0 Å². The normalized spacial score (nSPS) is 9.62. The molecule has 1 aromatic heterocycles. The maximum absolute atomic E-state index is 11.0. The number of rotatable bonds is 0. The molecule has 0 aliphatic carbocycles. The van der Waals surface area contributed by atoms with E-state index in [-0.39, 0.29) is 11.1 Å². The van der Waals surface area contributed by atoms with Crippen molar-refractivity contribution in [2.45, 2.75) is 0 Å². The van der Waals surface area contributed by atoms with Crippen molar-refractivity contribution < 1.29 is 0 Å². The zero-order valence-corrected chi connectivity index (χ0v) is 7.87. The number of aromatic amines is 2. The summed E-state index contributed by atoms with van der Waals surface area (Å²) in [5.74, 6) is 0. The van der Waals surface area contributed by atoms with E-state index in [2.05, 4.69) is 9.97 Å². The van der Waals surface area contributed by atoms with Gasteiger partial charge in [-0.05, 0) is 12.1 Å². The number of nitriles is 2. The fraction of sp³-hybridized carbons (Fsp3) is 0. The minimum Gasteiger partial charge on any atom is -0.316 e. The Morgan fingerprint density at radius 1 is 0.875 bits per heavy atom. The second-order valence-electron chi connectivity index (χ2n) is 3.08. The fourth-order valence-electron chi connectivity index (χ4n) is 1.35. The number of H-pyrrole nitrogens is 2. The lowest BCUT2D eigenvalue weighted by Gasteiger charge is -1.99. The van der Waals surface area contributed by atoms with E-state index in [1.165, 1.54) is 12.1 Å². The van der Waals surface area contributed by atoms with Gasteiger partial charge in [-0.25, -0.2) is 0 Å².